The van der Waals surface area contributed by atoms with Gasteiger partial charge >= 0.3 is 5.97 Å². The van der Waals surface area contributed by atoms with Crippen molar-refractivity contribution < 1.29 is 19.4 Å². The zero-order valence-corrected chi connectivity index (χ0v) is 8.50. The number of carbonyl (C=O) groups is 1. The summed E-state index contributed by atoms with van der Waals surface area (Å²) in [6, 6.07) is 2.79. The number of hydrogen-bond donors (Lipinski definition) is 2. The molecular formula is C10H7ClO4. The van der Waals surface area contributed by atoms with Crippen LogP contribution in [0.1, 0.15) is 16.1 Å². The van der Waals surface area contributed by atoms with Crippen LogP contribution in [0.15, 0.2) is 16.5 Å². The molecule has 0 saturated heterocycles. The van der Waals surface area contributed by atoms with Crippen molar-refractivity contribution in [2.24, 2.45) is 0 Å². The molecule has 1 heterocycles. The minimum atomic E-state index is -1.14. The van der Waals surface area contributed by atoms with E-state index in [0.29, 0.717) is 16.5 Å². The lowest BCUT2D eigenvalue weighted by atomic mass is 10.1. The molecule has 1 aromatic heterocycles. The van der Waals surface area contributed by atoms with Crippen molar-refractivity contribution in [3.63, 3.8) is 0 Å². The van der Waals surface area contributed by atoms with Crippen LogP contribution in [0.2, 0.25) is 5.02 Å². The van der Waals surface area contributed by atoms with Crippen molar-refractivity contribution in [2.75, 3.05) is 0 Å². The molecule has 2 aromatic rings. The monoisotopic (exact) mass is 226 g/mol. The summed E-state index contributed by atoms with van der Waals surface area (Å²) in [6.07, 6.45) is 0. The van der Waals surface area contributed by atoms with Gasteiger partial charge in [0.1, 0.15) is 11.3 Å². The highest BCUT2D eigenvalue weighted by atomic mass is 35.5. The predicted molar refractivity (Wildman–Crippen MR) is 54.6 cm³/mol. The fourth-order valence-corrected chi connectivity index (χ4v) is 1.60. The van der Waals surface area contributed by atoms with Gasteiger partial charge in [-0.1, -0.05) is 11.6 Å². The highest BCUT2D eigenvalue weighted by molar-refractivity contribution is 6.32. The van der Waals surface area contributed by atoms with E-state index in [-0.39, 0.29) is 16.5 Å². The van der Waals surface area contributed by atoms with Crippen LogP contribution >= 0.6 is 11.6 Å². The summed E-state index contributed by atoms with van der Waals surface area (Å²) >= 11 is 5.71. The van der Waals surface area contributed by atoms with Crippen LogP contribution in [-0.2, 0) is 0 Å². The number of rotatable bonds is 1. The number of aryl methyl sites for hydroxylation is 1. The molecule has 0 fully saturated rings. The first-order valence-electron chi connectivity index (χ1n) is 4.15. The van der Waals surface area contributed by atoms with Gasteiger partial charge in [-0.2, -0.15) is 0 Å². The van der Waals surface area contributed by atoms with Gasteiger partial charge < -0.3 is 14.6 Å². The van der Waals surface area contributed by atoms with Crippen molar-refractivity contribution in [1.82, 2.24) is 0 Å². The summed E-state index contributed by atoms with van der Waals surface area (Å²) < 4.78 is 5.08. The lowest BCUT2D eigenvalue weighted by Crippen LogP contribution is -1.95. The summed E-state index contributed by atoms with van der Waals surface area (Å²) in [5, 5.41) is 18.9. The standard InChI is InChI=1S/C10H7ClO4/c1-4-5-2-6(11)7(12)3-8(5)15-9(4)10(13)14/h2-3,12H,1H3,(H,13,14). The maximum Gasteiger partial charge on any atom is 0.372 e. The van der Waals surface area contributed by atoms with E-state index in [1.165, 1.54) is 12.1 Å². The molecule has 2 N–H and O–H groups in total. The number of benzene rings is 1. The number of aromatic carboxylic acids is 1. The molecule has 0 radical (unpaired) electrons. The fraction of sp³-hybridized carbons (Fsp3) is 0.100. The number of aromatic hydroxyl groups is 1. The first kappa shape index (κ1) is 9.86. The van der Waals surface area contributed by atoms with Crippen molar-refractivity contribution in [1.29, 1.82) is 0 Å². The van der Waals surface area contributed by atoms with Crippen LogP contribution in [0.5, 0.6) is 5.75 Å². The normalized spacial score (nSPS) is 10.8. The Hall–Kier alpha value is -1.68. The number of furan rings is 1. The summed E-state index contributed by atoms with van der Waals surface area (Å²) in [5.74, 6) is -1.40. The second-order valence-electron chi connectivity index (χ2n) is 3.16. The van der Waals surface area contributed by atoms with E-state index in [0.717, 1.165) is 0 Å². The Morgan fingerprint density at radius 3 is 2.73 bits per heavy atom. The molecule has 0 aliphatic carbocycles. The smallest absolute Gasteiger partial charge is 0.372 e. The second-order valence-corrected chi connectivity index (χ2v) is 3.57. The quantitative estimate of drug-likeness (QED) is 0.784. The van der Waals surface area contributed by atoms with Crippen LogP contribution in [0.4, 0.5) is 0 Å². The molecule has 0 bridgehead atoms. The average molecular weight is 227 g/mol. The Kier molecular flexibility index (Phi) is 2.08. The molecule has 0 aliphatic heterocycles. The molecule has 0 saturated carbocycles. The Morgan fingerprint density at radius 2 is 2.13 bits per heavy atom. The van der Waals surface area contributed by atoms with E-state index < -0.39 is 5.97 Å². The highest BCUT2D eigenvalue weighted by Crippen LogP contribution is 2.33. The average Bonchev–Trinajstić information content (AvgIpc) is 2.46. The third-order valence-corrected chi connectivity index (χ3v) is 2.50. The third kappa shape index (κ3) is 1.43. The second kappa shape index (κ2) is 3.17. The number of carboxylic acids is 1. The summed E-state index contributed by atoms with van der Waals surface area (Å²) in [5.41, 5.74) is 0.811. The lowest BCUT2D eigenvalue weighted by molar-refractivity contribution is 0.0664. The molecular weight excluding hydrogens is 220 g/mol. The maximum atomic E-state index is 10.8. The van der Waals surface area contributed by atoms with Crippen LogP contribution in [-0.4, -0.2) is 16.2 Å². The Morgan fingerprint density at radius 1 is 1.47 bits per heavy atom. The van der Waals surface area contributed by atoms with E-state index in [1.807, 2.05) is 0 Å². The van der Waals surface area contributed by atoms with E-state index in [4.69, 9.17) is 21.1 Å². The number of halogens is 1. The number of hydrogen-bond acceptors (Lipinski definition) is 3. The zero-order chi connectivity index (χ0) is 11.2. The zero-order valence-electron chi connectivity index (χ0n) is 7.74. The molecule has 5 heteroatoms. The SMILES string of the molecule is Cc1c(C(=O)O)oc2cc(O)c(Cl)cc12. The maximum absolute atomic E-state index is 10.8. The van der Waals surface area contributed by atoms with Gasteiger partial charge in [-0.3, -0.25) is 0 Å². The van der Waals surface area contributed by atoms with Crippen molar-refractivity contribution in [2.45, 2.75) is 6.92 Å². The molecule has 4 nitrogen and oxygen atoms in total. The Balaban J connectivity index is 2.83. The van der Waals surface area contributed by atoms with Gasteiger partial charge in [0.05, 0.1) is 5.02 Å². The van der Waals surface area contributed by atoms with E-state index >= 15 is 0 Å². The number of phenolic OH excluding ortho intramolecular Hbond substituents is 1. The lowest BCUT2D eigenvalue weighted by Gasteiger charge is -1.95. The van der Waals surface area contributed by atoms with Gasteiger partial charge in [-0.15, -0.1) is 0 Å². The van der Waals surface area contributed by atoms with Gasteiger partial charge in [0, 0.05) is 17.0 Å². The van der Waals surface area contributed by atoms with Gasteiger partial charge in [-0.05, 0) is 13.0 Å². The molecule has 2 rings (SSSR count). The summed E-state index contributed by atoms with van der Waals surface area (Å²) in [6.45, 7) is 1.63. The number of carboxylic acid groups (broad SMARTS) is 1. The largest absolute Gasteiger partial charge is 0.506 e. The summed E-state index contributed by atoms with van der Waals surface area (Å²) in [4.78, 5) is 10.8. The molecule has 15 heavy (non-hydrogen) atoms. The molecule has 1 aromatic carbocycles. The van der Waals surface area contributed by atoms with E-state index in [1.54, 1.807) is 6.92 Å². The van der Waals surface area contributed by atoms with Crippen LogP contribution in [0.25, 0.3) is 11.0 Å². The predicted octanol–water partition coefficient (Wildman–Crippen LogP) is 2.80. The van der Waals surface area contributed by atoms with Crippen LogP contribution < -0.4 is 0 Å². The van der Waals surface area contributed by atoms with E-state index in [9.17, 15) is 9.90 Å². The highest BCUT2D eigenvalue weighted by Gasteiger charge is 2.17. The molecule has 0 unspecified atom stereocenters. The van der Waals surface area contributed by atoms with Gasteiger partial charge in [0.2, 0.25) is 5.76 Å². The number of phenols is 1. The summed E-state index contributed by atoms with van der Waals surface area (Å²) in [7, 11) is 0. The molecule has 0 aliphatic rings. The number of fused-ring (bicyclic) bond motifs is 1. The fourth-order valence-electron chi connectivity index (χ4n) is 1.43. The molecule has 0 amide bonds. The molecule has 78 valence electrons. The first-order valence-corrected chi connectivity index (χ1v) is 4.53. The van der Waals surface area contributed by atoms with E-state index in [2.05, 4.69) is 0 Å². The van der Waals surface area contributed by atoms with Crippen LogP contribution in [0, 0.1) is 6.92 Å². The van der Waals surface area contributed by atoms with Gasteiger partial charge in [-0.25, -0.2) is 4.79 Å². The molecule has 0 atom stereocenters. The minimum Gasteiger partial charge on any atom is -0.506 e. The first-order chi connectivity index (χ1) is 7.00. The third-order valence-electron chi connectivity index (χ3n) is 2.20. The van der Waals surface area contributed by atoms with Gasteiger partial charge in [0.25, 0.3) is 0 Å². The van der Waals surface area contributed by atoms with Crippen LogP contribution in [0.3, 0.4) is 0 Å². The minimum absolute atomic E-state index is 0.130. The molecule has 0 spiro atoms. The van der Waals surface area contributed by atoms with Gasteiger partial charge in [0.15, 0.2) is 0 Å². The Bertz CT molecular complexity index is 556. The van der Waals surface area contributed by atoms with Crippen molar-refractivity contribution >= 4 is 28.5 Å². The Labute approximate surface area is 89.7 Å². The topological polar surface area (TPSA) is 70.7 Å². The van der Waals surface area contributed by atoms with Crippen molar-refractivity contribution in [3.05, 3.63) is 28.5 Å². The van der Waals surface area contributed by atoms with Crippen molar-refractivity contribution in [3.8, 4) is 5.75 Å².